The van der Waals surface area contributed by atoms with Crippen LogP contribution in [0.4, 0.5) is 0 Å². The molecule has 0 aliphatic carbocycles. The molecule has 1 aliphatic heterocycles. The van der Waals surface area contributed by atoms with Crippen molar-refractivity contribution >= 4 is 21.8 Å². The van der Waals surface area contributed by atoms with Crippen molar-refractivity contribution in [3.8, 4) is 0 Å². The summed E-state index contributed by atoms with van der Waals surface area (Å²) in [7, 11) is -4.46. The molecule has 22 heavy (non-hydrogen) atoms. The van der Waals surface area contributed by atoms with Crippen molar-refractivity contribution in [2.45, 2.75) is 51.5 Å². The Bertz CT molecular complexity index is 560. The molecule has 0 aromatic carbocycles. The number of hydrogen-bond acceptors (Lipinski definition) is 5. The number of aliphatic hydroxyl groups is 1. The van der Waals surface area contributed by atoms with Gasteiger partial charge in [-0.15, -0.1) is 0 Å². The van der Waals surface area contributed by atoms with Crippen molar-refractivity contribution in [2.24, 2.45) is 5.41 Å². The highest BCUT2D eigenvalue weighted by Gasteiger charge is 2.37. The van der Waals surface area contributed by atoms with Crippen LogP contribution in [0.3, 0.4) is 0 Å². The fraction of sp³-hybridized carbons (Fsp3) is 0.714. The highest BCUT2D eigenvalue weighted by molar-refractivity contribution is 7.87. The number of carbonyl (C=O) groups excluding carboxylic acids is 2. The second-order valence-electron chi connectivity index (χ2n) is 6.42. The first-order chi connectivity index (χ1) is 9.94. The third-order valence-corrected chi connectivity index (χ3v) is 4.69. The van der Waals surface area contributed by atoms with Crippen LogP contribution in [0.15, 0.2) is 12.2 Å². The molecule has 0 saturated heterocycles. The van der Waals surface area contributed by atoms with E-state index in [1.165, 1.54) is 17.1 Å². The minimum Gasteiger partial charge on any atom is -0.370 e. The molecule has 2 unspecified atom stereocenters. The molecule has 0 fully saturated rings. The third-order valence-electron chi connectivity index (χ3n) is 3.52. The summed E-state index contributed by atoms with van der Waals surface area (Å²) in [6.45, 7) is 5.05. The van der Waals surface area contributed by atoms with Crippen LogP contribution in [-0.4, -0.2) is 52.7 Å². The van der Waals surface area contributed by atoms with E-state index in [-0.39, 0.29) is 18.9 Å². The van der Waals surface area contributed by atoms with Gasteiger partial charge in [-0.25, -0.2) is 0 Å². The van der Waals surface area contributed by atoms with Crippen molar-refractivity contribution in [2.75, 3.05) is 6.54 Å². The summed E-state index contributed by atoms with van der Waals surface area (Å²) in [6, 6.07) is 0. The average molecular weight is 333 g/mol. The van der Waals surface area contributed by atoms with Crippen LogP contribution in [0.5, 0.6) is 0 Å². The molecule has 1 amide bonds. The Balaban J connectivity index is 2.56. The monoisotopic (exact) mass is 333 g/mol. The van der Waals surface area contributed by atoms with E-state index in [2.05, 4.69) is 0 Å². The molecule has 0 saturated carbocycles. The number of ketones is 1. The molecule has 1 aliphatic rings. The smallest absolute Gasteiger partial charge is 0.275 e. The van der Waals surface area contributed by atoms with Crippen LogP contribution in [-0.2, 0) is 19.7 Å². The van der Waals surface area contributed by atoms with Gasteiger partial charge < -0.3 is 10.0 Å². The van der Waals surface area contributed by atoms with E-state index in [9.17, 15) is 27.7 Å². The van der Waals surface area contributed by atoms with Crippen LogP contribution < -0.4 is 0 Å². The van der Waals surface area contributed by atoms with Crippen molar-refractivity contribution in [1.82, 2.24) is 4.90 Å². The minimum atomic E-state index is -4.46. The Kier molecular flexibility index (Phi) is 5.89. The Morgan fingerprint density at radius 1 is 1.36 bits per heavy atom. The number of aliphatic hydroxyl groups excluding tert-OH is 1. The summed E-state index contributed by atoms with van der Waals surface area (Å²) in [6.07, 6.45) is 2.43. The molecule has 0 bridgehead atoms. The Labute approximate surface area is 130 Å². The fourth-order valence-corrected chi connectivity index (χ4v) is 3.34. The summed E-state index contributed by atoms with van der Waals surface area (Å²) in [5, 5.41) is 8.07. The molecule has 126 valence electrons. The fourth-order valence-electron chi connectivity index (χ4n) is 2.25. The zero-order valence-corrected chi connectivity index (χ0v) is 13.8. The highest BCUT2D eigenvalue weighted by Crippen LogP contribution is 2.23. The maximum atomic E-state index is 12.1. The van der Waals surface area contributed by atoms with E-state index >= 15 is 0 Å². The first kappa shape index (κ1) is 18.8. The normalized spacial score (nSPS) is 20.5. The van der Waals surface area contributed by atoms with Gasteiger partial charge in [0.2, 0.25) is 5.91 Å². The second-order valence-corrected chi connectivity index (χ2v) is 8.02. The van der Waals surface area contributed by atoms with Crippen molar-refractivity contribution in [3.63, 3.8) is 0 Å². The van der Waals surface area contributed by atoms with Crippen LogP contribution >= 0.6 is 0 Å². The predicted molar refractivity (Wildman–Crippen MR) is 80.5 cm³/mol. The summed E-state index contributed by atoms with van der Waals surface area (Å²) in [4.78, 5) is 24.8. The zero-order valence-electron chi connectivity index (χ0n) is 13.0. The van der Waals surface area contributed by atoms with Gasteiger partial charge >= 0.3 is 0 Å². The summed E-state index contributed by atoms with van der Waals surface area (Å²) >= 11 is 0. The van der Waals surface area contributed by atoms with Gasteiger partial charge in [-0.05, 0) is 25.3 Å². The van der Waals surface area contributed by atoms with E-state index in [1.807, 2.05) is 0 Å². The molecule has 1 rings (SSSR count). The van der Waals surface area contributed by atoms with E-state index in [1.54, 1.807) is 20.8 Å². The van der Waals surface area contributed by atoms with E-state index in [0.717, 1.165) is 0 Å². The summed E-state index contributed by atoms with van der Waals surface area (Å²) in [5.41, 5.74) is -0.870. The molecule has 0 radical (unpaired) electrons. The SMILES string of the molecule is CC(C)(C)C(=O)C(CCCCN1C(=O)C=CC1O)S(=O)(=O)O. The van der Waals surface area contributed by atoms with Crippen molar-refractivity contribution in [1.29, 1.82) is 0 Å². The number of rotatable bonds is 7. The number of hydrogen-bond donors (Lipinski definition) is 2. The van der Waals surface area contributed by atoms with Gasteiger partial charge in [0.1, 0.15) is 11.5 Å². The average Bonchev–Trinajstić information content (AvgIpc) is 2.66. The lowest BCUT2D eigenvalue weighted by atomic mass is 9.87. The minimum absolute atomic E-state index is 0.0134. The van der Waals surface area contributed by atoms with Crippen LogP contribution in [0.2, 0.25) is 0 Å². The second kappa shape index (κ2) is 6.89. The van der Waals surface area contributed by atoms with Gasteiger partial charge in [0, 0.05) is 18.0 Å². The molecular weight excluding hydrogens is 310 g/mol. The highest BCUT2D eigenvalue weighted by atomic mass is 32.2. The Morgan fingerprint density at radius 2 is 1.95 bits per heavy atom. The topological polar surface area (TPSA) is 112 Å². The molecule has 8 heteroatoms. The van der Waals surface area contributed by atoms with E-state index < -0.39 is 32.8 Å². The van der Waals surface area contributed by atoms with E-state index in [0.29, 0.717) is 12.8 Å². The molecule has 0 aromatic rings. The molecule has 1 heterocycles. The number of Topliss-reactive ketones (excluding diaryl/α,β-unsaturated/α-hetero) is 1. The van der Waals surface area contributed by atoms with Crippen molar-refractivity contribution < 1.29 is 27.7 Å². The van der Waals surface area contributed by atoms with Crippen LogP contribution in [0.25, 0.3) is 0 Å². The Morgan fingerprint density at radius 3 is 2.36 bits per heavy atom. The number of unbranched alkanes of at least 4 members (excludes halogenated alkanes) is 1. The molecular formula is C14H23NO6S. The molecule has 0 spiro atoms. The maximum Gasteiger partial charge on any atom is 0.275 e. The molecule has 2 atom stereocenters. The number of nitrogens with zero attached hydrogens (tertiary/aromatic N) is 1. The van der Waals surface area contributed by atoms with Gasteiger partial charge in [-0.2, -0.15) is 8.42 Å². The first-order valence-corrected chi connectivity index (χ1v) is 8.62. The van der Waals surface area contributed by atoms with E-state index in [4.69, 9.17) is 0 Å². The summed E-state index contributed by atoms with van der Waals surface area (Å²) in [5.74, 6) is -0.835. The Hall–Kier alpha value is -1.25. The molecule has 2 N–H and O–H groups in total. The molecule has 0 aromatic heterocycles. The molecule has 7 nitrogen and oxygen atoms in total. The van der Waals surface area contributed by atoms with Gasteiger partial charge in [0.15, 0.2) is 5.78 Å². The van der Waals surface area contributed by atoms with Gasteiger partial charge in [0.05, 0.1) is 0 Å². The predicted octanol–water partition coefficient (Wildman–Crippen LogP) is 0.745. The quantitative estimate of drug-likeness (QED) is 0.525. The lowest BCUT2D eigenvalue weighted by molar-refractivity contribution is -0.131. The third kappa shape index (κ3) is 4.89. The van der Waals surface area contributed by atoms with Gasteiger partial charge in [-0.3, -0.25) is 14.1 Å². The van der Waals surface area contributed by atoms with Gasteiger partial charge in [-0.1, -0.05) is 20.8 Å². The lowest BCUT2D eigenvalue weighted by Crippen LogP contribution is -2.38. The zero-order chi connectivity index (χ0) is 17.1. The van der Waals surface area contributed by atoms with Crippen molar-refractivity contribution in [3.05, 3.63) is 12.2 Å². The standard InChI is InChI=1S/C14H23NO6S/c1-14(2,3)13(18)10(22(19,20)21)6-4-5-9-15-11(16)7-8-12(15)17/h7-8,10-11,16H,4-6,9H2,1-3H3,(H,19,20,21). The number of carbonyl (C=O) groups is 2. The lowest BCUT2D eigenvalue weighted by Gasteiger charge is -2.23. The van der Waals surface area contributed by atoms with Crippen LogP contribution in [0, 0.1) is 5.41 Å². The first-order valence-electron chi connectivity index (χ1n) is 7.12. The van der Waals surface area contributed by atoms with Gasteiger partial charge in [0.25, 0.3) is 10.1 Å². The largest absolute Gasteiger partial charge is 0.370 e. The number of amides is 1. The van der Waals surface area contributed by atoms with Crippen LogP contribution in [0.1, 0.15) is 40.0 Å². The maximum absolute atomic E-state index is 12.1. The summed E-state index contributed by atoms with van der Waals surface area (Å²) < 4.78 is 32.0.